The quantitative estimate of drug-likeness (QED) is 0.840. The molecule has 1 N–H and O–H groups in total. The largest absolute Gasteiger partial charge is 0.474 e. The molecule has 0 aliphatic rings. The van der Waals surface area contributed by atoms with Crippen LogP contribution in [0.15, 0.2) is 28.7 Å². The SMILES string of the molecule is O=P(O)(Cl)Oc1ccc(Br)cc1. The van der Waals surface area contributed by atoms with Crippen molar-refractivity contribution in [1.29, 1.82) is 0 Å². The molecule has 12 heavy (non-hydrogen) atoms. The van der Waals surface area contributed by atoms with E-state index >= 15 is 0 Å². The molecule has 0 saturated heterocycles. The third-order valence-electron chi connectivity index (χ3n) is 1.03. The molecular formula is C6H5BrClO3P. The van der Waals surface area contributed by atoms with E-state index in [9.17, 15) is 4.57 Å². The van der Waals surface area contributed by atoms with Gasteiger partial charge in [-0.25, -0.2) is 4.57 Å². The third kappa shape index (κ3) is 3.59. The fourth-order valence-corrected chi connectivity index (χ4v) is 1.51. The van der Waals surface area contributed by atoms with E-state index in [-0.39, 0.29) is 5.75 Å². The molecular weight excluding hydrogens is 266 g/mol. The number of hydrogen-bond donors (Lipinski definition) is 1. The minimum atomic E-state index is -3.95. The van der Waals surface area contributed by atoms with Crippen LogP contribution >= 0.6 is 34.1 Å². The predicted molar refractivity (Wildman–Crippen MR) is 50.4 cm³/mol. The lowest BCUT2D eigenvalue weighted by atomic mass is 10.3. The number of halogens is 2. The molecule has 0 spiro atoms. The smallest absolute Gasteiger partial charge is 0.413 e. The van der Waals surface area contributed by atoms with Crippen LogP contribution in [0.2, 0.25) is 0 Å². The second-order valence-electron chi connectivity index (χ2n) is 2.00. The Morgan fingerprint density at radius 1 is 1.42 bits per heavy atom. The van der Waals surface area contributed by atoms with Crippen molar-refractivity contribution in [3.8, 4) is 5.75 Å². The van der Waals surface area contributed by atoms with E-state index in [0.29, 0.717) is 0 Å². The summed E-state index contributed by atoms with van der Waals surface area (Å²) in [5.74, 6) is 0.263. The van der Waals surface area contributed by atoms with Gasteiger partial charge in [0.05, 0.1) is 0 Å². The van der Waals surface area contributed by atoms with Crippen molar-refractivity contribution in [3.05, 3.63) is 28.7 Å². The second-order valence-corrected chi connectivity index (χ2v) is 5.28. The summed E-state index contributed by atoms with van der Waals surface area (Å²) in [7, 11) is 0. The van der Waals surface area contributed by atoms with E-state index < -0.39 is 6.95 Å². The van der Waals surface area contributed by atoms with E-state index in [2.05, 4.69) is 20.5 Å². The second kappa shape index (κ2) is 3.79. The molecule has 66 valence electrons. The van der Waals surface area contributed by atoms with Crippen LogP contribution in [0.25, 0.3) is 0 Å². The van der Waals surface area contributed by atoms with E-state index in [1.54, 1.807) is 12.1 Å². The Hall–Kier alpha value is -0.0200. The van der Waals surface area contributed by atoms with Crippen LogP contribution < -0.4 is 4.52 Å². The maximum absolute atomic E-state index is 10.6. The first kappa shape index (κ1) is 10.1. The monoisotopic (exact) mass is 270 g/mol. The number of hydrogen-bond acceptors (Lipinski definition) is 2. The molecule has 0 heterocycles. The predicted octanol–water partition coefficient (Wildman–Crippen LogP) is 3.17. The molecule has 3 nitrogen and oxygen atoms in total. The van der Waals surface area contributed by atoms with Crippen molar-refractivity contribution < 1.29 is 14.0 Å². The summed E-state index contributed by atoms with van der Waals surface area (Å²) in [6.07, 6.45) is 0. The van der Waals surface area contributed by atoms with Gasteiger partial charge >= 0.3 is 6.95 Å². The molecule has 1 aromatic rings. The van der Waals surface area contributed by atoms with Crippen molar-refractivity contribution >= 4 is 34.1 Å². The Morgan fingerprint density at radius 2 is 1.92 bits per heavy atom. The molecule has 0 fully saturated rings. The van der Waals surface area contributed by atoms with E-state index in [0.717, 1.165) is 4.47 Å². The van der Waals surface area contributed by atoms with Crippen molar-refractivity contribution in [3.63, 3.8) is 0 Å². The zero-order valence-corrected chi connectivity index (χ0v) is 9.01. The Labute approximate surface area is 82.8 Å². The van der Waals surface area contributed by atoms with Crippen molar-refractivity contribution in [1.82, 2.24) is 0 Å². The lowest BCUT2D eigenvalue weighted by Crippen LogP contribution is -1.84. The molecule has 0 aliphatic carbocycles. The first-order chi connectivity index (χ1) is 5.47. The van der Waals surface area contributed by atoms with Gasteiger partial charge in [-0.1, -0.05) is 15.9 Å². The standard InChI is InChI=1S/C6H5BrClO3P/c7-5-1-3-6(4-2-5)11-12(8,9)10/h1-4H,(H,9,10). The molecule has 0 saturated carbocycles. The maximum Gasteiger partial charge on any atom is 0.474 e. The summed E-state index contributed by atoms with van der Waals surface area (Å²) in [5.41, 5.74) is 0. The van der Waals surface area contributed by atoms with E-state index in [4.69, 9.17) is 16.1 Å². The zero-order valence-electron chi connectivity index (χ0n) is 5.78. The van der Waals surface area contributed by atoms with Crippen LogP contribution in [-0.4, -0.2) is 4.89 Å². The summed E-state index contributed by atoms with van der Waals surface area (Å²) in [4.78, 5) is 8.63. The van der Waals surface area contributed by atoms with Crippen molar-refractivity contribution in [2.45, 2.75) is 0 Å². The Morgan fingerprint density at radius 3 is 2.33 bits per heavy atom. The highest BCUT2D eigenvalue weighted by molar-refractivity contribution is 9.10. The highest BCUT2D eigenvalue weighted by Gasteiger charge is 2.15. The molecule has 0 aliphatic heterocycles. The number of rotatable bonds is 2. The van der Waals surface area contributed by atoms with Gasteiger partial charge in [0.15, 0.2) is 0 Å². The first-order valence-electron chi connectivity index (χ1n) is 2.95. The van der Waals surface area contributed by atoms with Crippen molar-refractivity contribution in [2.24, 2.45) is 0 Å². The highest BCUT2D eigenvalue weighted by atomic mass is 79.9. The molecule has 0 radical (unpaired) electrons. The molecule has 0 amide bonds. The summed E-state index contributed by atoms with van der Waals surface area (Å²) in [6.45, 7) is -3.95. The van der Waals surface area contributed by atoms with Gasteiger partial charge in [-0.3, -0.25) is 0 Å². The minimum Gasteiger partial charge on any atom is -0.413 e. The minimum absolute atomic E-state index is 0.263. The summed E-state index contributed by atoms with van der Waals surface area (Å²) >= 11 is 8.19. The first-order valence-corrected chi connectivity index (χ1v) is 6.22. The Balaban J connectivity index is 2.78. The van der Waals surface area contributed by atoms with Crippen LogP contribution in [0, 0.1) is 0 Å². The lowest BCUT2D eigenvalue weighted by Gasteiger charge is -2.05. The Kier molecular flexibility index (Phi) is 3.18. The Bertz CT molecular complexity index is 307. The zero-order chi connectivity index (χ0) is 9.19. The molecule has 6 heteroatoms. The number of benzene rings is 1. The molecule has 0 bridgehead atoms. The summed E-state index contributed by atoms with van der Waals surface area (Å²) in [6, 6.07) is 6.44. The van der Waals surface area contributed by atoms with Gasteiger partial charge < -0.3 is 9.42 Å². The van der Waals surface area contributed by atoms with Gasteiger partial charge in [-0.05, 0) is 24.3 Å². The van der Waals surface area contributed by atoms with Crippen LogP contribution in [0.5, 0.6) is 5.75 Å². The fourth-order valence-electron chi connectivity index (χ4n) is 0.625. The van der Waals surface area contributed by atoms with Gasteiger partial charge in [-0.2, -0.15) is 0 Å². The molecule has 1 atom stereocenters. The average Bonchev–Trinajstić information content (AvgIpc) is 1.91. The van der Waals surface area contributed by atoms with Crippen LogP contribution in [0.1, 0.15) is 0 Å². The van der Waals surface area contributed by atoms with Gasteiger partial charge in [-0.15, -0.1) is 0 Å². The summed E-state index contributed by atoms with van der Waals surface area (Å²) in [5, 5.41) is 0. The molecule has 1 rings (SSSR count). The molecule has 1 unspecified atom stereocenters. The van der Waals surface area contributed by atoms with E-state index in [1.165, 1.54) is 12.1 Å². The highest BCUT2D eigenvalue weighted by Crippen LogP contribution is 2.47. The van der Waals surface area contributed by atoms with Gasteiger partial charge in [0.2, 0.25) is 0 Å². The van der Waals surface area contributed by atoms with Gasteiger partial charge in [0, 0.05) is 15.7 Å². The normalized spacial score (nSPS) is 15.2. The summed E-state index contributed by atoms with van der Waals surface area (Å²) < 4.78 is 15.9. The van der Waals surface area contributed by atoms with Gasteiger partial charge in [0.25, 0.3) is 0 Å². The molecule has 1 aromatic carbocycles. The van der Waals surface area contributed by atoms with Crippen molar-refractivity contribution in [2.75, 3.05) is 0 Å². The maximum atomic E-state index is 10.6. The average molecular weight is 271 g/mol. The van der Waals surface area contributed by atoms with Crippen LogP contribution in [0.4, 0.5) is 0 Å². The molecule has 0 aromatic heterocycles. The lowest BCUT2D eigenvalue weighted by molar-refractivity contribution is 0.401. The topological polar surface area (TPSA) is 46.5 Å². The van der Waals surface area contributed by atoms with Crippen LogP contribution in [-0.2, 0) is 4.57 Å². The van der Waals surface area contributed by atoms with E-state index in [1.807, 2.05) is 0 Å². The van der Waals surface area contributed by atoms with Crippen LogP contribution in [0.3, 0.4) is 0 Å². The van der Waals surface area contributed by atoms with Gasteiger partial charge in [0.1, 0.15) is 5.75 Å². The fraction of sp³-hybridized carbons (Fsp3) is 0. The third-order valence-corrected chi connectivity index (χ3v) is 2.20.